The molecule has 33 heavy (non-hydrogen) atoms. The van der Waals surface area contributed by atoms with Gasteiger partial charge in [0.05, 0.1) is 5.56 Å². The van der Waals surface area contributed by atoms with E-state index in [2.05, 4.69) is 0 Å². The van der Waals surface area contributed by atoms with E-state index in [-0.39, 0.29) is 29.5 Å². The summed E-state index contributed by atoms with van der Waals surface area (Å²) in [5.41, 5.74) is -0.873. The van der Waals surface area contributed by atoms with Gasteiger partial charge in [0.15, 0.2) is 0 Å². The van der Waals surface area contributed by atoms with Crippen LogP contribution in [0.5, 0.6) is 5.75 Å². The third-order valence-electron chi connectivity index (χ3n) is 4.60. The maximum Gasteiger partial charge on any atom is 0.416 e. The van der Waals surface area contributed by atoms with Crippen LogP contribution in [0.15, 0.2) is 53.4 Å². The Morgan fingerprint density at radius 3 is 2.24 bits per heavy atom. The molecule has 2 aromatic carbocycles. The van der Waals surface area contributed by atoms with E-state index in [1.165, 1.54) is 6.07 Å². The largest absolute Gasteiger partial charge is 0.416 e. The summed E-state index contributed by atoms with van der Waals surface area (Å²) in [6.45, 7) is 10.4. The number of hydrogen-bond donors (Lipinski definition) is 0. The maximum absolute atomic E-state index is 13.0. The third-order valence-corrected chi connectivity index (χ3v) is 5.83. The van der Waals surface area contributed by atoms with Gasteiger partial charge in [0.25, 0.3) is 0 Å². The number of halogens is 3. The molecule has 0 saturated carbocycles. The quantitative estimate of drug-likeness (QED) is 0.437. The van der Waals surface area contributed by atoms with Crippen molar-refractivity contribution >= 4 is 16.0 Å². The van der Waals surface area contributed by atoms with Crippen LogP contribution in [0.3, 0.4) is 0 Å². The van der Waals surface area contributed by atoms with E-state index in [1.807, 2.05) is 34.6 Å². The predicted molar refractivity (Wildman–Crippen MR) is 120 cm³/mol. The molecule has 0 aliphatic rings. The molecule has 0 spiro atoms. The highest BCUT2D eigenvalue weighted by molar-refractivity contribution is 7.87. The molecule has 0 bridgehead atoms. The molecule has 0 saturated heterocycles. The average Bonchev–Trinajstić information content (AvgIpc) is 2.66. The van der Waals surface area contributed by atoms with Gasteiger partial charge in [0, 0.05) is 25.1 Å². The number of para-hydroxylation sites is 1. The van der Waals surface area contributed by atoms with Crippen molar-refractivity contribution in [1.82, 2.24) is 4.90 Å². The van der Waals surface area contributed by atoms with Crippen molar-refractivity contribution < 1.29 is 30.6 Å². The van der Waals surface area contributed by atoms with E-state index in [0.717, 1.165) is 18.2 Å². The van der Waals surface area contributed by atoms with Gasteiger partial charge in [-0.1, -0.05) is 58.9 Å². The second-order valence-electron chi connectivity index (χ2n) is 9.58. The first kappa shape index (κ1) is 26.7. The molecule has 182 valence electrons. The van der Waals surface area contributed by atoms with Crippen LogP contribution in [0, 0.1) is 11.3 Å². The second kappa shape index (κ2) is 10.2. The van der Waals surface area contributed by atoms with Gasteiger partial charge >= 0.3 is 16.3 Å². The second-order valence-corrected chi connectivity index (χ2v) is 11.1. The molecule has 2 aromatic rings. The lowest BCUT2D eigenvalue weighted by atomic mass is 9.91. The Kier molecular flexibility index (Phi) is 8.22. The highest BCUT2D eigenvalue weighted by Crippen LogP contribution is 2.32. The fourth-order valence-electron chi connectivity index (χ4n) is 3.18. The number of amides is 1. The zero-order valence-corrected chi connectivity index (χ0v) is 20.3. The third kappa shape index (κ3) is 8.07. The number of carbonyl (C=O) groups excluding carboxylic acids is 1. The summed E-state index contributed by atoms with van der Waals surface area (Å²) >= 11 is 0. The summed E-state index contributed by atoms with van der Waals surface area (Å²) in [4.78, 5) is 14.0. The van der Waals surface area contributed by atoms with Gasteiger partial charge in [-0.25, -0.2) is 0 Å². The first-order chi connectivity index (χ1) is 15.1. The number of nitrogens with zero attached hydrogens (tertiary/aromatic N) is 1. The monoisotopic (exact) mass is 485 g/mol. The zero-order valence-electron chi connectivity index (χ0n) is 19.4. The van der Waals surface area contributed by atoms with Crippen molar-refractivity contribution in [3.8, 4) is 5.75 Å². The van der Waals surface area contributed by atoms with E-state index in [9.17, 15) is 26.4 Å². The normalized spacial score (nSPS) is 12.6. The Hall–Kier alpha value is -2.55. The summed E-state index contributed by atoms with van der Waals surface area (Å²) in [5.74, 6) is 0.0646. The number of hydrogen-bond acceptors (Lipinski definition) is 4. The number of carbonyl (C=O) groups is 1. The molecule has 0 fully saturated rings. The minimum Gasteiger partial charge on any atom is -0.379 e. The summed E-state index contributed by atoms with van der Waals surface area (Å²) in [7, 11) is -4.53. The van der Waals surface area contributed by atoms with Crippen molar-refractivity contribution in [2.24, 2.45) is 11.3 Å². The van der Waals surface area contributed by atoms with Gasteiger partial charge < -0.3 is 9.08 Å². The van der Waals surface area contributed by atoms with Crippen molar-refractivity contribution in [2.45, 2.75) is 58.7 Å². The topological polar surface area (TPSA) is 63.7 Å². The molecule has 5 nitrogen and oxygen atoms in total. The minimum atomic E-state index is -4.69. The maximum atomic E-state index is 13.0. The lowest BCUT2D eigenvalue weighted by molar-refractivity contribution is -0.137. The Bertz CT molecular complexity index is 1070. The fourth-order valence-corrected chi connectivity index (χ4v) is 4.19. The summed E-state index contributed by atoms with van der Waals surface area (Å²) in [5, 5.41) is 0. The molecule has 0 radical (unpaired) electrons. The van der Waals surface area contributed by atoms with Crippen LogP contribution in [-0.4, -0.2) is 25.8 Å². The highest BCUT2D eigenvalue weighted by Gasteiger charge is 2.32. The molecule has 0 aliphatic carbocycles. The number of benzene rings is 2. The van der Waals surface area contributed by atoms with Crippen LogP contribution in [0.1, 0.15) is 52.2 Å². The Balaban J connectivity index is 2.35. The Morgan fingerprint density at radius 1 is 1.03 bits per heavy atom. The molecule has 0 N–H and O–H groups in total. The number of alkyl halides is 3. The average molecular weight is 486 g/mol. The zero-order chi connectivity index (χ0) is 25.0. The molecular formula is C24H30F3NO4S. The van der Waals surface area contributed by atoms with Crippen molar-refractivity contribution in [1.29, 1.82) is 0 Å². The van der Waals surface area contributed by atoms with Crippen molar-refractivity contribution in [3.05, 3.63) is 59.7 Å². The molecule has 0 aromatic heterocycles. The Morgan fingerprint density at radius 2 is 1.67 bits per heavy atom. The molecule has 0 aliphatic heterocycles. The molecule has 0 atom stereocenters. The smallest absolute Gasteiger partial charge is 0.379 e. The fraction of sp³-hybridized carbons (Fsp3) is 0.458. The van der Waals surface area contributed by atoms with Crippen molar-refractivity contribution in [3.63, 3.8) is 0 Å². The molecule has 1 amide bonds. The first-order valence-corrected chi connectivity index (χ1v) is 12.0. The van der Waals surface area contributed by atoms with Crippen LogP contribution >= 0.6 is 0 Å². The lowest BCUT2D eigenvalue weighted by Gasteiger charge is -2.28. The van der Waals surface area contributed by atoms with Crippen LogP contribution in [-0.2, 0) is 27.6 Å². The van der Waals surface area contributed by atoms with Gasteiger partial charge in [-0.2, -0.15) is 21.6 Å². The van der Waals surface area contributed by atoms with Gasteiger partial charge in [0.1, 0.15) is 10.6 Å². The summed E-state index contributed by atoms with van der Waals surface area (Å²) < 4.78 is 69.8. The lowest BCUT2D eigenvalue weighted by Crippen LogP contribution is -2.36. The molecule has 0 heterocycles. The molecule has 0 unspecified atom stereocenters. The van der Waals surface area contributed by atoms with E-state index in [1.54, 1.807) is 23.1 Å². The standard InChI is InChI=1S/C24H30F3NO4S/c1-17(2)15-28(22(29)14-23(3,4)5)16-18-9-6-7-12-21(18)32-33(30,31)20-11-8-10-19(13-20)24(25,26)27/h6-13,17H,14-16H2,1-5H3. The minimum absolute atomic E-state index is 0.0350. The van der Waals surface area contributed by atoms with E-state index >= 15 is 0 Å². The first-order valence-electron chi connectivity index (χ1n) is 10.6. The summed E-state index contributed by atoms with van der Waals surface area (Å²) in [6, 6.07) is 9.68. The number of rotatable bonds is 8. The van der Waals surface area contributed by atoms with Gasteiger partial charge in [0.2, 0.25) is 5.91 Å². The SMILES string of the molecule is CC(C)CN(Cc1ccccc1OS(=O)(=O)c1cccc(C(F)(F)F)c1)C(=O)CC(C)(C)C. The van der Waals surface area contributed by atoms with Gasteiger partial charge in [-0.05, 0) is 35.6 Å². The van der Waals surface area contributed by atoms with Crippen molar-refractivity contribution in [2.75, 3.05) is 6.54 Å². The molecular weight excluding hydrogens is 455 g/mol. The van der Waals surface area contributed by atoms with E-state index < -0.39 is 26.8 Å². The van der Waals surface area contributed by atoms with Crippen LogP contribution < -0.4 is 4.18 Å². The van der Waals surface area contributed by atoms with Gasteiger partial charge in [-0.15, -0.1) is 0 Å². The van der Waals surface area contributed by atoms with Crippen LogP contribution in [0.25, 0.3) is 0 Å². The molecule has 2 rings (SSSR count). The Labute approximate surface area is 193 Å². The van der Waals surface area contributed by atoms with Crippen LogP contribution in [0.4, 0.5) is 13.2 Å². The van der Waals surface area contributed by atoms with E-state index in [4.69, 9.17) is 4.18 Å². The summed E-state index contributed by atoms with van der Waals surface area (Å²) in [6.07, 6.45) is -4.38. The molecule has 9 heteroatoms. The van der Waals surface area contributed by atoms with Gasteiger partial charge in [-0.3, -0.25) is 4.79 Å². The highest BCUT2D eigenvalue weighted by atomic mass is 32.2. The predicted octanol–water partition coefficient (Wildman–Crippen LogP) is 5.89. The van der Waals surface area contributed by atoms with Crippen LogP contribution in [0.2, 0.25) is 0 Å². The van der Waals surface area contributed by atoms with E-state index in [0.29, 0.717) is 24.6 Å².